The number of likely N-dealkylation sites (tertiary alicyclic amines) is 1. The van der Waals surface area contributed by atoms with Crippen LogP contribution in [0, 0.1) is 0 Å². The van der Waals surface area contributed by atoms with E-state index in [0.717, 1.165) is 12.1 Å². The molecular formula is C13H26N2. The van der Waals surface area contributed by atoms with Crippen LogP contribution in [0.15, 0.2) is 0 Å². The predicted molar refractivity (Wildman–Crippen MR) is 65.1 cm³/mol. The van der Waals surface area contributed by atoms with Gasteiger partial charge >= 0.3 is 0 Å². The van der Waals surface area contributed by atoms with E-state index in [1.54, 1.807) is 0 Å². The summed E-state index contributed by atoms with van der Waals surface area (Å²) in [6, 6.07) is 1.63. The molecular weight excluding hydrogens is 184 g/mol. The Morgan fingerprint density at radius 2 is 1.73 bits per heavy atom. The maximum atomic E-state index is 3.78. The Bertz CT molecular complexity index is 175. The molecule has 0 bridgehead atoms. The second-order valence-corrected chi connectivity index (χ2v) is 5.37. The van der Waals surface area contributed by atoms with E-state index in [9.17, 15) is 0 Å². The molecule has 1 saturated heterocycles. The summed E-state index contributed by atoms with van der Waals surface area (Å²) in [4.78, 5) is 2.54. The van der Waals surface area contributed by atoms with Crippen molar-refractivity contribution < 1.29 is 0 Å². The first-order valence-electron chi connectivity index (χ1n) is 6.80. The van der Waals surface area contributed by atoms with Gasteiger partial charge < -0.3 is 10.2 Å². The van der Waals surface area contributed by atoms with Crippen LogP contribution >= 0.6 is 0 Å². The molecule has 88 valence electrons. The van der Waals surface area contributed by atoms with Gasteiger partial charge in [0.1, 0.15) is 0 Å². The number of hydrogen-bond donors (Lipinski definition) is 1. The minimum absolute atomic E-state index is 0.806. The van der Waals surface area contributed by atoms with Crippen LogP contribution in [0.5, 0.6) is 0 Å². The van der Waals surface area contributed by atoms with E-state index >= 15 is 0 Å². The van der Waals surface area contributed by atoms with Crippen LogP contribution in [0.1, 0.15) is 51.4 Å². The predicted octanol–water partition coefficient (Wildman–Crippen LogP) is 2.39. The standard InChI is InChI=1S/C13H26N2/c1-15-10-6-5-9-13(15)11-14-12-7-3-2-4-8-12/h12-14H,2-11H2,1H3/t13-/m0/s1. The summed E-state index contributed by atoms with van der Waals surface area (Å²) in [6.07, 6.45) is 11.4. The second kappa shape index (κ2) is 5.86. The SMILES string of the molecule is CN1CCCC[C@H]1CNC1CCCCC1. The monoisotopic (exact) mass is 210 g/mol. The molecule has 2 fully saturated rings. The molecule has 2 rings (SSSR count). The molecule has 0 aromatic rings. The average molecular weight is 210 g/mol. The molecule has 1 heterocycles. The van der Waals surface area contributed by atoms with Crippen molar-refractivity contribution in [1.82, 2.24) is 10.2 Å². The summed E-state index contributed by atoms with van der Waals surface area (Å²) in [5, 5.41) is 3.78. The lowest BCUT2D eigenvalue weighted by molar-refractivity contribution is 0.174. The Balaban J connectivity index is 1.67. The molecule has 0 aromatic carbocycles. The molecule has 1 aliphatic carbocycles. The van der Waals surface area contributed by atoms with Gasteiger partial charge in [-0.05, 0) is 39.3 Å². The summed E-state index contributed by atoms with van der Waals surface area (Å²) in [5.74, 6) is 0. The minimum atomic E-state index is 0.806. The Labute approximate surface area is 94.4 Å². The van der Waals surface area contributed by atoms with Crippen molar-refractivity contribution in [2.45, 2.75) is 63.5 Å². The Hall–Kier alpha value is -0.0800. The van der Waals surface area contributed by atoms with E-state index in [-0.39, 0.29) is 0 Å². The van der Waals surface area contributed by atoms with Crippen molar-refractivity contribution in [1.29, 1.82) is 0 Å². The first kappa shape index (κ1) is 11.4. The van der Waals surface area contributed by atoms with Gasteiger partial charge in [-0.25, -0.2) is 0 Å². The van der Waals surface area contributed by atoms with Crippen molar-refractivity contribution in [3.05, 3.63) is 0 Å². The van der Waals surface area contributed by atoms with Gasteiger partial charge in [0.2, 0.25) is 0 Å². The van der Waals surface area contributed by atoms with E-state index < -0.39 is 0 Å². The highest BCUT2D eigenvalue weighted by Crippen LogP contribution is 2.19. The molecule has 0 spiro atoms. The van der Waals surface area contributed by atoms with Gasteiger partial charge in [-0.3, -0.25) is 0 Å². The second-order valence-electron chi connectivity index (χ2n) is 5.37. The zero-order chi connectivity index (χ0) is 10.5. The van der Waals surface area contributed by atoms with Crippen molar-refractivity contribution >= 4 is 0 Å². The Kier molecular flexibility index (Phi) is 4.45. The zero-order valence-electron chi connectivity index (χ0n) is 10.2. The summed E-state index contributed by atoms with van der Waals surface area (Å²) >= 11 is 0. The summed E-state index contributed by atoms with van der Waals surface area (Å²) < 4.78 is 0. The van der Waals surface area contributed by atoms with Gasteiger partial charge in [-0.1, -0.05) is 25.7 Å². The Morgan fingerprint density at radius 1 is 1.00 bits per heavy atom. The topological polar surface area (TPSA) is 15.3 Å². The van der Waals surface area contributed by atoms with E-state index in [4.69, 9.17) is 0 Å². The van der Waals surface area contributed by atoms with Gasteiger partial charge in [-0.2, -0.15) is 0 Å². The van der Waals surface area contributed by atoms with Crippen molar-refractivity contribution in [2.75, 3.05) is 20.1 Å². The smallest absolute Gasteiger partial charge is 0.0217 e. The van der Waals surface area contributed by atoms with Crippen molar-refractivity contribution in [3.8, 4) is 0 Å². The highest BCUT2D eigenvalue weighted by Gasteiger charge is 2.20. The van der Waals surface area contributed by atoms with Crippen LogP contribution in [0.4, 0.5) is 0 Å². The highest BCUT2D eigenvalue weighted by atomic mass is 15.2. The highest BCUT2D eigenvalue weighted by molar-refractivity contribution is 4.79. The number of likely N-dealkylation sites (N-methyl/N-ethyl adjacent to an activating group) is 1. The molecule has 0 radical (unpaired) electrons. The number of nitrogens with one attached hydrogen (secondary N) is 1. The van der Waals surface area contributed by atoms with Crippen LogP contribution in [-0.4, -0.2) is 37.1 Å². The molecule has 0 aromatic heterocycles. The number of piperidine rings is 1. The zero-order valence-corrected chi connectivity index (χ0v) is 10.2. The lowest BCUT2D eigenvalue weighted by Crippen LogP contribution is -2.46. The maximum absolute atomic E-state index is 3.78. The van der Waals surface area contributed by atoms with Gasteiger partial charge in [0.25, 0.3) is 0 Å². The third kappa shape index (κ3) is 3.46. The molecule has 2 aliphatic rings. The molecule has 2 heteroatoms. The molecule has 1 atom stereocenters. The normalized spacial score (nSPS) is 30.6. The minimum Gasteiger partial charge on any atom is -0.312 e. The van der Waals surface area contributed by atoms with E-state index in [1.807, 2.05) is 0 Å². The van der Waals surface area contributed by atoms with Gasteiger partial charge in [0.05, 0.1) is 0 Å². The summed E-state index contributed by atoms with van der Waals surface area (Å²) in [5.41, 5.74) is 0. The molecule has 0 unspecified atom stereocenters. The van der Waals surface area contributed by atoms with E-state index in [2.05, 4.69) is 17.3 Å². The first-order chi connectivity index (χ1) is 7.36. The quantitative estimate of drug-likeness (QED) is 0.769. The number of nitrogens with zero attached hydrogens (tertiary/aromatic N) is 1. The molecule has 1 N–H and O–H groups in total. The van der Waals surface area contributed by atoms with Gasteiger partial charge in [0, 0.05) is 18.6 Å². The van der Waals surface area contributed by atoms with Crippen molar-refractivity contribution in [3.63, 3.8) is 0 Å². The molecule has 1 aliphatic heterocycles. The molecule has 0 amide bonds. The van der Waals surface area contributed by atoms with Crippen molar-refractivity contribution in [2.24, 2.45) is 0 Å². The van der Waals surface area contributed by atoms with Gasteiger partial charge in [-0.15, -0.1) is 0 Å². The van der Waals surface area contributed by atoms with Crippen LogP contribution in [0.3, 0.4) is 0 Å². The maximum Gasteiger partial charge on any atom is 0.0217 e. The molecule has 2 nitrogen and oxygen atoms in total. The average Bonchev–Trinajstić information content (AvgIpc) is 2.29. The first-order valence-corrected chi connectivity index (χ1v) is 6.80. The molecule has 15 heavy (non-hydrogen) atoms. The largest absolute Gasteiger partial charge is 0.312 e. The van der Waals surface area contributed by atoms with E-state index in [0.29, 0.717) is 0 Å². The van der Waals surface area contributed by atoms with Gasteiger partial charge in [0.15, 0.2) is 0 Å². The summed E-state index contributed by atoms with van der Waals surface area (Å²) in [7, 11) is 2.28. The third-order valence-corrected chi connectivity index (χ3v) is 4.17. The lowest BCUT2D eigenvalue weighted by atomic mass is 9.95. The van der Waals surface area contributed by atoms with Crippen LogP contribution in [-0.2, 0) is 0 Å². The van der Waals surface area contributed by atoms with Crippen LogP contribution in [0.25, 0.3) is 0 Å². The Morgan fingerprint density at radius 3 is 2.47 bits per heavy atom. The lowest BCUT2D eigenvalue weighted by Gasteiger charge is -2.34. The fourth-order valence-electron chi connectivity index (χ4n) is 3.01. The third-order valence-electron chi connectivity index (χ3n) is 4.17. The fourth-order valence-corrected chi connectivity index (χ4v) is 3.01. The summed E-state index contributed by atoms with van der Waals surface area (Å²) in [6.45, 7) is 2.53. The number of hydrogen-bond acceptors (Lipinski definition) is 2. The fraction of sp³-hybridized carbons (Fsp3) is 1.00. The van der Waals surface area contributed by atoms with E-state index in [1.165, 1.54) is 64.5 Å². The number of rotatable bonds is 3. The van der Waals surface area contributed by atoms with Crippen LogP contribution in [0.2, 0.25) is 0 Å². The molecule has 1 saturated carbocycles. The van der Waals surface area contributed by atoms with Crippen LogP contribution < -0.4 is 5.32 Å².